The lowest BCUT2D eigenvalue weighted by molar-refractivity contribution is -0.138. The first-order valence-corrected chi connectivity index (χ1v) is 10.5. The van der Waals surface area contributed by atoms with E-state index in [-0.39, 0.29) is 12.1 Å². The lowest BCUT2D eigenvalue weighted by atomic mass is 10.00. The molecule has 0 saturated carbocycles. The normalized spacial score (nSPS) is 18.8. The highest BCUT2D eigenvalue weighted by atomic mass is 19.4. The number of hydrogen-bond donors (Lipinski definition) is 2. The lowest BCUT2D eigenvalue weighted by Gasteiger charge is -2.42. The Morgan fingerprint density at radius 2 is 2.09 bits per heavy atom. The van der Waals surface area contributed by atoms with Crippen molar-refractivity contribution in [3.8, 4) is 0 Å². The number of halogens is 3. The number of nitrogens with one attached hydrogen (secondary N) is 2. The number of hydrogen-bond acceptors (Lipinski definition) is 6. The molecular weight excluding hydrogens is 455 g/mol. The summed E-state index contributed by atoms with van der Waals surface area (Å²) < 4.78 is 45.8. The van der Waals surface area contributed by atoms with Crippen molar-refractivity contribution in [1.29, 1.82) is 0 Å². The van der Waals surface area contributed by atoms with Crippen molar-refractivity contribution in [3.05, 3.63) is 46.6 Å². The number of pyridine rings is 2. The Labute approximate surface area is 192 Å². The van der Waals surface area contributed by atoms with Gasteiger partial charge >= 0.3 is 12.2 Å². The van der Waals surface area contributed by atoms with Gasteiger partial charge in [0.1, 0.15) is 5.69 Å². The van der Waals surface area contributed by atoms with E-state index in [1.807, 2.05) is 6.07 Å². The predicted molar refractivity (Wildman–Crippen MR) is 119 cm³/mol. The van der Waals surface area contributed by atoms with Gasteiger partial charge in [0, 0.05) is 45.9 Å². The summed E-state index contributed by atoms with van der Waals surface area (Å²) in [6.07, 6.45) is -0.399. The summed E-state index contributed by atoms with van der Waals surface area (Å²) in [5, 5.41) is 9.97. The van der Waals surface area contributed by atoms with Crippen molar-refractivity contribution in [2.24, 2.45) is 7.05 Å². The molecule has 1 fully saturated rings. The molecule has 0 unspecified atom stereocenters. The third kappa shape index (κ3) is 4.55. The molecule has 0 spiro atoms. The monoisotopic (exact) mass is 479 g/mol. The Bertz CT molecular complexity index is 1260. The number of carbonyl (C=O) groups is 1. The third-order valence-electron chi connectivity index (χ3n) is 6.04. The number of methoxy groups -OCH3 is 1. The fourth-order valence-electron chi connectivity index (χ4n) is 4.12. The molecule has 4 rings (SSSR count). The van der Waals surface area contributed by atoms with Crippen molar-refractivity contribution in [2.45, 2.75) is 24.7 Å². The molecule has 0 aliphatic carbocycles. The first-order chi connectivity index (χ1) is 16.1. The molecule has 10 nitrogen and oxygen atoms in total. The number of alkyl halides is 3. The molecule has 182 valence electrons. The van der Waals surface area contributed by atoms with Crippen LogP contribution in [-0.2, 0) is 18.0 Å². The molecule has 0 aromatic carbocycles. The van der Waals surface area contributed by atoms with Crippen LogP contribution in [0.1, 0.15) is 12.0 Å². The first kappa shape index (κ1) is 23.5. The zero-order chi connectivity index (χ0) is 24.6. The molecule has 1 aliphatic heterocycles. The van der Waals surface area contributed by atoms with Crippen LogP contribution in [-0.4, -0.2) is 70.1 Å². The molecule has 1 aliphatic rings. The minimum atomic E-state index is -4.65. The van der Waals surface area contributed by atoms with Crippen LogP contribution in [0.15, 0.2) is 35.5 Å². The number of fused-ring (bicyclic) bond motifs is 1. The van der Waals surface area contributed by atoms with E-state index in [9.17, 15) is 22.8 Å². The molecule has 13 heteroatoms. The Hall–Kier alpha value is -3.61. The number of aromatic nitrogens is 4. The maximum Gasteiger partial charge on any atom is 0.417 e. The second-order valence-corrected chi connectivity index (χ2v) is 8.17. The van der Waals surface area contributed by atoms with Gasteiger partial charge < -0.3 is 24.4 Å². The number of nitrogens with zero attached hydrogens (tertiary/aromatic N) is 5. The second-order valence-electron chi connectivity index (χ2n) is 8.17. The van der Waals surface area contributed by atoms with Crippen LogP contribution in [0.25, 0.3) is 11.0 Å². The number of H-pyrrole nitrogens is 1. The van der Waals surface area contributed by atoms with Crippen LogP contribution >= 0.6 is 0 Å². The van der Waals surface area contributed by atoms with Gasteiger partial charge in [-0.1, -0.05) is 0 Å². The van der Waals surface area contributed by atoms with Crippen LogP contribution in [0.5, 0.6) is 0 Å². The average molecular weight is 479 g/mol. The van der Waals surface area contributed by atoms with Crippen molar-refractivity contribution < 1.29 is 22.7 Å². The topological polar surface area (TPSA) is 108 Å². The van der Waals surface area contributed by atoms with Gasteiger partial charge in [0.05, 0.1) is 35.8 Å². The molecule has 3 aromatic rings. The summed E-state index contributed by atoms with van der Waals surface area (Å²) in [5.41, 5.74) is -0.651. The average Bonchev–Trinajstić information content (AvgIpc) is 3.28. The highest BCUT2D eigenvalue weighted by molar-refractivity contribution is 5.89. The van der Waals surface area contributed by atoms with Gasteiger partial charge in [0.25, 0.3) is 5.56 Å². The molecule has 2 atom stereocenters. The number of aryl methyl sites for hydroxylation is 1. The highest BCUT2D eigenvalue weighted by Crippen LogP contribution is 2.30. The van der Waals surface area contributed by atoms with Gasteiger partial charge in [-0.2, -0.15) is 18.3 Å². The van der Waals surface area contributed by atoms with E-state index in [0.29, 0.717) is 37.4 Å². The van der Waals surface area contributed by atoms with E-state index in [4.69, 9.17) is 4.74 Å². The molecule has 1 saturated heterocycles. The van der Waals surface area contributed by atoms with E-state index < -0.39 is 29.0 Å². The van der Waals surface area contributed by atoms with Crippen LogP contribution in [0.4, 0.5) is 29.3 Å². The van der Waals surface area contributed by atoms with Gasteiger partial charge in [-0.05, 0) is 18.6 Å². The molecule has 0 radical (unpaired) electrons. The van der Waals surface area contributed by atoms with E-state index in [0.717, 1.165) is 15.6 Å². The number of carbonyl (C=O) groups excluding carboxylic acids is 1. The first-order valence-electron chi connectivity index (χ1n) is 10.5. The Kier molecular flexibility index (Phi) is 6.21. The minimum absolute atomic E-state index is 0.360. The zero-order valence-corrected chi connectivity index (χ0v) is 18.8. The van der Waals surface area contributed by atoms with Crippen molar-refractivity contribution in [3.63, 3.8) is 0 Å². The van der Waals surface area contributed by atoms with Gasteiger partial charge in [0.2, 0.25) is 0 Å². The summed E-state index contributed by atoms with van der Waals surface area (Å²) >= 11 is 0. The number of likely N-dealkylation sites (N-methyl/N-ethyl adjacent to an activating group) is 1. The van der Waals surface area contributed by atoms with Crippen LogP contribution in [0.2, 0.25) is 0 Å². The standard InChI is InChI=1S/C21H24F3N7O3/c1-29-10-13(21(22,23)24)7-15(19(29)32)27-20(33)30(2)16-4-5-31(11-17(16)34-3)14-6-12-8-26-28-18(12)25-9-14/h6-10,16-17H,4-5,11H2,1-3H3,(H,27,33)(H,25,26,28)/t16-,17+/m1/s1. The van der Waals surface area contributed by atoms with Crippen molar-refractivity contribution in [2.75, 3.05) is 37.5 Å². The maximum atomic E-state index is 13.1. The summed E-state index contributed by atoms with van der Waals surface area (Å²) in [5.74, 6) is 0. The highest BCUT2D eigenvalue weighted by Gasteiger charge is 2.36. The Balaban J connectivity index is 1.48. The minimum Gasteiger partial charge on any atom is -0.377 e. The molecular formula is C21H24F3N7O3. The van der Waals surface area contributed by atoms with Crippen LogP contribution in [0.3, 0.4) is 0 Å². The second kappa shape index (κ2) is 8.97. The molecule has 0 bridgehead atoms. The number of aromatic amines is 1. The van der Waals surface area contributed by atoms with Gasteiger partial charge in [0.15, 0.2) is 5.65 Å². The molecule has 2 N–H and O–H groups in total. The Morgan fingerprint density at radius 3 is 2.79 bits per heavy atom. The van der Waals surface area contributed by atoms with E-state index >= 15 is 0 Å². The number of rotatable bonds is 4. The van der Waals surface area contributed by atoms with E-state index in [1.165, 1.54) is 26.1 Å². The Morgan fingerprint density at radius 1 is 1.32 bits per heavy atom. The number of urea groups is 1. The summed E-state index contributed by atoms with van der Waals surface area (Å²) in [6, 6.07) is 1.54. The molecule has 4 heterocycles. The number of anilines is 2. The number of piperidine rings is 1. The van der Waals surface area contributed by atoms with Crippen LogP contribution in [0, 0.1) is 0 Å². The lowest BCUT2D eigenvalue weighted by Crippen LogP contribution is -2.56. The van der Waals surface area contributed by atoms with Gasteiger partial charge in [-0.25, -0.2) is 9.78 Å². The van der Waals surface area contributed by atoms with E-state index in [2.05, 4.69) is 25.4 Å². The summed E-state index contributed by atoms with van der Waals surface area (Å²) in [7, 11) is 4.26. The third-order valence-corrected chi connectivity index (χ3v) is 6.04. The van der Waals surface area contributed by atoms with Crippen molar-refractivity contribution in [1.82, 2.24) is 24.6 Å². The quantitative estimate of drug-likeness (QED) is 0.595. The predicted octanol–water partition coefficient (Wildman–Crippen LogP) is 2.43. The fourth-order valence-corrected chi connectivity index (χ4v) is 4.12. The number of ether oxygens (including phenoxy) is 1. The van der Waals surface area contributed by atoms with E-state index in [1.54, 1.807) is 12.4 Å². The molecule has 34 heavy (non-hydrogen) atoms. The smallest absolute Gasteiger partial charge is 0.377 e. The van der Waals surface area contributed by atoms with Crippen LogP contribution < -0.4 is 15.8 Å². The fraction of sp³-hybridized carbons (Fsp3) is 0.429. The van der Waals surface area contributed by atoms with Crippen molar-refractivity contribution >= 4 is 28.4 Å². The van der Waals surface area contributed by atoms with Gasteiger partial charge in [-0.3, -0.25) is 9.89 Å². The zero-order valence-electron chi connectivity index (χ0n) is 18.8. The summed E-state index contributed by atoms with van der Waals surface area (Å²) in [6.45, 7) is 1.06. The van der Waals surface area contributed by atoms with Gasteiger partial charge in [-0.15, -0.1) is 0 Å². The summed E-state index contributed by atoms with van der Waals surface area (Å²) in [4.78, 5) is 33.0. The maximum absolute atomic E-state index is 13.1. The largest absolute Gasteiger partial charge is 0.417 e. The molecule has 2 amide bonds. The number of amides is 2. The molecule has 3 aromatic heterocycles. The SMILES string of the molecule is CO[C@H]1CN(c2cnc3[nH]ncc3c2)CC[C@H]1N(C)C(=O)Nc1cc(C(F)(F)F)cn(C)c1=O.